The summed E-state index contributed by atoms with van der Waals surface area (Å²) in [5, 5.41) is 3.97. The molecule has 1 atom stereocenters. The zero-order valence-corrected chi connectivity index (χ0v) is 23.6. The average molecular weight is 563 g/mol. The van der Waals surface area contributed by atoms with Crippen molar-refractivity contribution in [2.75, 3.05) is 17.1 Å². The maximum absolute atomic E-state index is 13.6. The van der Waals surface area contributed by atoms with Gasteiger partial charge in [-0.25, -0.2) is 8.42 Å². The van der Waals surface area contributed by atoms with Gasteiger partial charge in [0.25, 0.3) is 0 Å². The lowest BCUT2D eigenvalue weighted by atomic mass is 10.1. The molecule has 0 saturated carbocycles. The van der Waals surface area contributed by atoms with Crippen LogP contribution in [0.25, 0.3) is 0 Å². The molecule has 7 nitrogen and oxygen atoms in total. The Bertz CT molecular complexity index is 1210. The van der Waals surface area contributed by atoms with Gasteiger partial charge in [-0.05, 0) is 76.1 Å². The molecule has 1 N–H and O–H groups in total. The summed E-state index contributed by atoms with van der Waals surface area (Å²) >= 11 is 18.2. The topological polar surface area (TPSA) is 86.8 Å². The molecule has 0 saturated heterocycles. The molecule has 2 aromatic carbocycles. The molecule has 11 heteroatoms. The second-order valence-electron chi connectivity index (χ2n) is 9.39. The van der Waals surface area contributed by atoms with E-state index in [9.17, 15) is 18.0 Å². The highest BCUT2D eigenvalue weighted by molar-refractivity contribution is 7.92. The van der Waals surface area contributed by atoms with Crippen molar-refractivity contribution in [1.29, 1.82) is 0 Å². The summed E-state index contributed by atoms with van der Waals surface area (Å²) in [7, 11) is -3.84. The lowest BCUT2D eigenvalue weighted by molar-refractivity contribution is -0.140. The number of nitrogens with one attached hydrogen (secondary N) is 1. The smallest absolute Gasteiger partial charge is 0.244 e. The first-order valence-corrected chi connectivity index (χ1v) is 13.8. The minimum atomic E-state index is -3.84. The van der Waals surface area contributed by atoms with Gasteiger partial charge in [-0.15, -0.1) is 0 Å². The molecule has 2 aromatic rings. The molecule has 0 spiro atoms. The Morgan fingerprint density at radius 3 is 2.17 bits per heavy atom. The van der Waals surface area contributed by atoms with E-state index >= 15 is 0 Å². The first-order chi connectivity index (χ1) is 16.0. The normalized spacial score (nSPS) is 12.7. The van der Waals surface area contributed by atoms with E-state index in [1.807, 2.05) is 20.8 Å². The molecule has 2 amide bonds. The summed E-state index contributed by atoms with van der Waals surface area (Å²) < 4.78 is 26.4. The molecule has 35 heavy (non-hydrogen) atoms. The Kier molecular flexibility index (Phi) is 9.50. The zero-order chi connectivity index (χ0) is 26.7. The average Bonchev–Trinajstić information content (AvgIpc) is 2.70. The number of nitrogens with zero attached hydrogens (tertiary/aromatic N) is 2. The molecular weight excluding hydrogens is 533 g/mol. The molecule has 0 aliphatic carbocycles. The Hall–Kier alpha value is -2.00. The van der Waals surface area contributed by atoms with Crippen molar-refractivity contribution >= 4 is 62.3 Å². The lowest BCUT2D eigenvalue weighted by Gasteiger charge is -2.33. The van der Waals surface area contributed by atoms with Gasteiger partial charge in [0.2, 0.25) is 21.8 Å². The van der Waals surface area contributed by atoms with Crippen LogP contribution < -0.4 is 9.62 Å². The van der Waals surface area contributed by atoms with Crippen LogP contribution in [0.4, 0.5) is 5.69 Å². The van der Waals surface area contributed by atoms with Crippen LogP contribution in [0.5, 0.6) is 0 Å². The number of sulfonamides is 1. The minimum Gasteiger partial charge on any atom is -0.350 e. The number of amides is 2. The third-order valence-corrected chi connectivity index (χ3v) is 7.21. The Balaban J connectivity index is 2.46. The summed E-state index contributed by atoms with van der Waals surface area (Å²) in [6.45, 7) is 8.30. The molecule has 0 aliphatic heterocycles. The predicted molar refractivity (Wildman–Crippen MR) is 143 cm³/mol. The number of hydrogen-bond donors (Lipinski definition) is 1. The van der Waals surface area contributed by atoms with Crippen molar-refractivity contribution in [3.63, 3.8) is 0 Å². The summed E-state index contributed by atoms with van der Waals surface area (Å²) in [4.78, 5) is 27.9. The van der Waals surface area contributed by atoms with Crippen molar-refractivity contribution in [1.82, 2.24) is 10.2 Å². The molecule has 2 rings (SSSR count). The fraction of sp³-hybridized carbons (Fsp3) is 0.417. The van der Waals surface area contributed by atoms with Crippen LogP contribution >= 0.6 is 34.8 Å². The van der Waals surface area contributed by atoms with Gasteiger partial charge in [0, 0.05) is 17.1 Å². The number of halogens is 3. The molecule has 0 radical (unpaired) electrons. The van der Waals surface area contributed by atoms with Gasteiger partial charge in [0.15, 0.2) is 0 Å². The molecule has 0 heterocycles. The third kappa shape index (κ3) is 8.27. The fourth-order valence-corrected chi connectivity index (χ4v) is 4.84. The largest absolute Gasteiger partial charge is 0.350 e. The van der Waals surface area contributed by atoms with E-state index < -0.39 is 34.1 Å². The van der Waals surface area contributed by atoms with Gasteiger partial charge >= 0.3 is 0 Å². The Labute approximate surface area is 222 Å². The number of carbonyl (C=O) groups excluding carboxylic acids is 2. The molecule has 0 aliphatic rings. The Morgan fingerprint density at radius 1 is 1.03 bits per heavy atom. The van der Waals surface area contributed by atoms with Gasteiger partial charge in [-0.3, -0.25) is 13.9 Å². The summed E-state index contributed by atoms with van der Waals surface area (Å²) in [6.07, 6.45) is 1.02. The van der Waals surface area contributed by atoms with Crippen molar-refractivity contribution in [3.05, 3.63) is 62.6 Å². The van der Waals surface area contributed by atoms with Crippen LogP contribution in [0.3, 0.4) is 0 Å². The number of carbonyl (C=O) groups is 2. The highest BCUT2D eigenvalue weighted by Gasteiger charge is 2.31. The van der Waals surface area contributed by atoms with Crippen molar-refractivity contribution in [2.24, 2.45) is 0 Å². The van der Waals surface area contributed by atoms with Gasteiger partial charge in [0.05, 0.1) is 22.0 Å². The second-order valence-corrected chi connectivity index (χ2v) is 12.5. The Morgan fingerprint density at radius 2 is 1.66 bits per heavy atom. The van der Waals surface area contributed by atoms with Crippen molar-refractivity contribution in [2.45, 2.75) is 52.7 Å². The number of rotatable bonds is 8. The number of anilines is 1. The zero-order valence-electron chi connectivity index (χ0n) is 20.5. The monoisotopic (exact) mass is 561 g/mol. The first kappa shape index (κ1) is 29.2. The standard InChI is InChI=1S/C24H30Cl3N3O4S/c1-15-11-18(25)8-10-21(15)30(35(6,33)34)14-22(31)29(16(2)23(32)28-24(3,4)5)13-17-7-9-19(26)20(27)12-17/h7-12,16H,13-14H2,1-6H3,(H,28,32). The maximum Gasteiger partial charge on any atom is 0.244 e. The van der Waals surface area contributed by atoms with Crippen molar-refractivity contribution in [3.8, 4) is 0 Å². The van der Waals surface area contributed by atoms with E-state index in [4.69, 9.17) is 34.8 Å². The maximum atomic E-state index is 13.6. The lowest BCUT2D eigenvalue weighted by Crippen LogP contribution is -2.54. The van der Waals surface area contributed by atoms with Crippen LogP contribution in [0.15, 0.2) is 36.4 Å². The summed E-state index contributed by atoms with van der Waals surface area (Å²) in [6, 6.07) is 8.72. The van der Waals surface area contributed by atoms with Gasteiger partial charge in [0.1, 0.15) is 12.6 Å². The minimum absolute atomic E-state index is 0.0195. The predicted octanol–water partition coefficient (Wildman–Crippen LogP) is 5.05. The van der Waals surface area contributed by atoms with Crippen LogP contribution in [-0.4, -0.2) is 49.5 Å². The van der Waals surface area contributed by atoms with E-state index in [1.165, 1.54) is 4.90 Å². The molecule has 1 unspecified atom stereocenters. The second kappa shape index (κ2) is 11.4. The summed E-state index contributed by atoms with van der Waals surface area (Å²) in [5.74, 6) is -0.938. The summed E-state index contributed by atoms with van der Waals surface area (Å²) in [5.41, 5.74) is 1.02. The van der Waals surface area contributed by atoms with Gasteiger partial charge < -0.3 is 10.2 Å². The highest BCUT2D eigenvalue weighted by atomic mass is 35.5. The molecule has 0 fully saturated rings. The van der Waals surface area contributed by atoms with Crippen LogP contribution in [0, 0.1) is 6.92 Å². The van der Waals surface area contributed by atoms with E-state index in [0.29, 0.717) is 31.9 Å². The van der Waals surface area contributed by atoms with E-state index in [1.54, 1.807) is 50.2 Å². The number of benzene rings is 2. The highest BCUT2D eigenvalue weighted by Crippen LogP contribution is 2.27. The number of hydrogen-bond acceptors (Lipinski definition) is 4. The third-order valence-electron chi connectivity index (χ3n) is 5.11. The quantitative estimate of drug-likeness (QED) is 0.488. The van der Waals surface area contributed by atoms with E-state index in [0.717, 1.165) is 10.6 Å². The molecule has 0 bridgehead atoms. The SMILES string of the molecule is Cc1cc(Cl)ccc1N(CC(=O)N(Cc1ccc(Cl)c(Cl)c1)C(C)C(=O)NC(C)(C)C)S(C)(=O)=O. The molecule has 0 aromatic heterocycles. The van der Waals surface area contributed by atoms with Crippen molar-refractivity contribution < 1.29 is 18.0 Å². The van der Waals surface area contributed by atoms with Gasteiger partial charge in [-0.1, -0.05) is 40.9 Å². The molecular formula is C24H30Cl3N3O4S. The van der Waals surface area contributed by atoms with Crippen LogP contribution in [0.2, 0.25) is 15.1 Å². The molecule has 192 valence electrons. The first-order valence-electron chi connectivity index (χ1n) is 10.8. The van der Waals surface area contributed by atoms with E-state index in [-0.39, 0.29) is 12.5 Å². The van der Waals surface area contributed by atoms with Crippen LogP contribution in [0.1, 0.15) is 38.8 Å². The van der Waals surface area contributed by atoms with E-state index in [2.05, 4.69) is 5.32 Å². The van der Waals surface area contributed by atoms with Gasteiger partial charge in [-0.2, -0.15) is 0 Å². The number of aryl methyl sites for hydroxylation is 1. The van der Waals surface area contributed by atoms with Crippen LogP contribution in [-0.2, 0) is 26.2 Å². The fourth-order valence-electron chi connectivity index (χ4n) is 3.38.